The second-order valence-corrected chi connectivity index (χ2v) is 15.1. The van der Waals surface area contributed by atoms with Crippen LogP contribution in [0.4, 0.5) is 4.79 Å². The summed E-state index contributed by atoms with van der Waals surface area (Å²) in [7, 11) is 0. The van der Waals surface area contributed by atoms with E-state index >= 15 is 0 Å². The van der Waals surface area contributed by atoms with Gasteiger partial charge in [0, 0.05) is 6.42 Å². The lowest BCUT2D eigenvalue weighted by Gasteiger charge is -2.58. The number of hydrogen-bond acceptors (Lipinski definition) is 3. The lowest BCUT2D eigenvalue weighted by Crippen LogP contribution is -2.51. The molecular weight excluding hydrogens is 480 g/mol. The Kier molecular flexibility index (Phi) is 10.9. The van der Waals surface area contributed by atoms with Gasteiger partial charge in [-0.1, -0.05) is 105 Å². The average molecular weight is 543 g/mol. The Bertz CT molecular complexity index is 816. The lowest BCUT2D eigenvalue weighted by molar-refractivity contribution is -0.0617. The number of rotatable bonds is 13. The Morgan fingerprint density at radius 3 is 2.46 bits per heavy atom. The first kappa shape index (κ1) is 31.0. The Morgan fingerprint density at radius 1 is 0.923 bits per heavy atom. The van der Waals surface area contributed by atoms with Gasteiger partial charge in [0.25, 0.3) is 0 Å². The highest BCUT2D eigenvalue weighted by Gasteiger charge is 2.59. The van der Waals surface area contributed by atoms with E-state index in [4.69, 9.17) is 9.47 Å². The van der Waals surface area contributed by atoms with Crippen LogP contribution >= 0.6 is 0 Å². The largest absolute Gasteiger partial charge is 0.508 e. The summed E-state index contributed by atoms with van der Waals surface area (Å²) in [6.07, 6.45) is 23.6. The molecule has 3 saturated carbocycles. The number of fused-ring (bicyclic) bond motifs is 5. The lowest BCUT2D eigenvalue weighted by atomic mass is 9.47. The molecule has 0 heterocycles. The smallest absolute Gasteiger partial charge is 0.434 e. The topological polar surface area (TPSA) is 35.5 Å². The van der Waals surface area contributed by atoms with Crippen LogP contribution in [0.1, 0.15) is 151 Å². The molecule has 3 heteroatoms. The summed E-state index contributed by atoms with van der Waals surface area (Å²) in [5, 5.41) is 0. The molecule has 8 atom stereocenters. The monoisotopic (exact) mass is 542 g/mol. The summed E-state index contributed by atoms with van der Waals surface area (Å²) < 4.78 is 11.3. The number of unbranched alkanes of at least 4 members (excludes halogenated alkanes) is 5. The second kappa shape index (κ2) is 13.8. The van der Waals surface area contributed by atoms with Crippen LogP contribution < -0.4 is 0 Å². The molecule has 0 saturated heterocycles. The summed E-state index contributed by atoms with van der Waals surface area (Å²) in [6, 6.07) is 0. The maximum atomic E-state index is 12.4. The molecular formula is C36H62O3. The zero-order chi connectivity index (χ0) is 28.0. The summed E-state index contributed by atoms with van der Waals surface area (Å²) >= 11 is 0. The maximum absolute atomic E-state index is 12.4. The predicted molar refractivity (Wildman–Crippen MR) is 163 cm³/mol. The van der Waals surface area contributed by atoms with Gasteiger partial charge in [0.1, 0.15) is 6.10 Å². The van der Waals surface area contributed by atoms with Gasteiger partial charge in [0.15, 0.2) is 0 Å². The van der Waals surface area contributed by atoms with Crippen LogP contribution in [0.5, 0.6) is 0 Å². The highest BCUT2D eigenvalue weighted by atomic mass is 16.7. The summed E-state index contributed by atoms with van der Waals surface area (Å²) in [4.78, 5) is 12.4. The number of carbonyl (C=O) groups is 1. The van der Waals surface area contributed by atoms with Gasteiger partial charge >= 0.3 is 6.16 Å². The molecule has 224 valence electrons. The van der Waals surface area contributed by atoms with Crippen molar-refractivity contribution in [1.29, 1.82) is 0 Å². The molecule has 3 nitrogen and oxygen atoms in total. The molecule has 0 N–H and O–H groups in total. The van der Waals surface area contributed by atoms with Crippen LogP contribution in [-0.2, 0) is 9.47 Å². The average Bonchev–Trinajstić information content (AvgIpc) is 3.25. The van der Waals surface area contributed by atoms with E-state index < -0.39 is 6.16 Å². The molecule has 0 aromatic rings. The SMILES string of the molecule is CCCCCCCCOC(=O)O[C@H]1CC[C@@]2(C)C(=CC[C@@H]3[C@H]2CC[C@]2(C)[C@@H]([C@H](C)CCCC(C)C)CC[C@@H]32)C1. The highest BCUT2D eigenvalue weighted by Crippen LogP contribution is 2.67. The van der Waals surface area contributed by atoms with E-state index in [1.807, 2.05) is 0 Å². The number of hydrogen-bond donors (Lipinski definition) is 0. The highest BCUT2D eigenvalue weighted by molar-refractivity contribution is 5.60. The van der Waals surface area contributed by atoms with Crippen molar-refractivity contribution in [3.05, 3.63) is 11.6 Å². The van der Waals surface area contributed by atoms with E-state index in [2.05, 4.69) is 47.6 Å². The Hall–Kier alpha value is -0.990. The molecule has 0 aromatic carbocycles. The molecule has 39 heavy (non-hydrogen) atoms. The van der Waals surface area contributed by atoms with Crippen LogP contribution in [0.3, 0.4) is 0 Å². The van der Waals surface area contributed by atoms with Gasteiger partial charge < -0.3 is 9.47 Å². The zero-order valence-electron chi connectivity index (χ0n) is 26.6. The Balaban J connectivity index is 1.29. The number of ether oxygens (including phenoxy) is 2. The van der Waals surface area contributed by atoms with Gasteiger partial charge in [0.05, 0.1) is 6.61 Å². The van der Waals surface area contributed by atoms with Crippen molar-refractivity contribution in [2.75, 3.05) is 6.61 Å². The van der Waals surface area contributed by atoms with Crippen LogP contribution in [0.2, 0.25) is 0 Å². The quantitative estimate of drug-likeness (QED) is 0.132. The predicted octanol–water partition coefficient (Wildman–Crippen LogP) is 10.9. The molecule has 0 unspecified atom stereocenters. The maximum Gasteiger partial charge on any atom is 0.508 e. The molecule has 0 aromatic heterocycles. The molecule has 3 fully saturated rings. The van der Waals surface area contributed by atoms with Crippen LogP contribution in [-0.4, -0.2) is 18.9 Å². The summed E-state index contributed by atoms with van der Waals surface area (Å²) in [5.41, 5.74) is 2.43. The minimum absolute atomic E-state index is 0.00525. The van der Waals surface area contributed by atoms with E-state index in [9.17, 15) is 4.79 Å². The third-order valence-corrected chi connectivity index (χ3v) is 12.2. The van der Waals surface area contributed by atoms with Crippen molar-refractivity contribution in [2.24, 2.45) is 46.3 Å². The van der Waals surface area contributed by atoms with Crippen LogP contribution in [0, 0.1) is 46.3 Å². The first-order valence-electron chi connectivity index (χ1n) is 17.2. The molecule has 4 aliphatic rings. The van der Waals surface area contributed by atoms with Gasteiger partial charge in [0.2, 0.25) is 0 Å². The fraction of sp³-hybridized carbons (Fsp3) is 0.917. The number of allylic oxidation sites excluding steroid dienone is 1. The van der Waals surface area contributed by atoms with Crippen molar-refractivity contribution in [2.45, 2.75) is 157 Å². The van der Waals surface area contributed by atoms with Gasteiger partial charge in [-0.25, -0.2) is 4.79 Å². The van der Waals surface area contributed by atoms with Crippen LogP contribution in [0.15, 0.2) is 11.6 Å². The minimum atomic E-state index is -0.445. The van der Waals surface area contributed by atoms with Gasteiger partial charge in [-0.15, -0.1) is 0 Å². The number of carbonyl (C=O) groups excluding carboxylic acids is 1. The van der Waals surface area contributed by atoms with E-state index in [-0.39, 0.29) is 6.10 Å². The zero-order valence-corrected chi connectivity index (χ0v) is 26.6. The molecule has 0 bridgehead atoms. The first-order valence-corrected chi connectivity index (χ1v) is 17.2. The van der Waals surface area contributed by atoms with Crippen molar-refractivity contribution in [1.82, 2.24) is 0 Å². The molecule has 0 spiro atoms. The van der Waals surface area contributed by atoms with Gasteiger partial charge in [-0.05, 0) is 97.7 Å². The van der Waals surface area contributed by atoms with E-state index in [1.54, 1.807) is 5.57 Å². The normalized spacial score (nSPS) is 36.5. The summed E-state index contributed by atoms with van der Waals surface area (Å²) in [5.74, 6) is 5.18. The molecule has 4 rings (SSSR count). The van der Waals surface area contributed by atoms with Gasteiger partial charge in [-0.2, -0.15) is 0 Å². The molecule has 4 aliphatic carbocycles. The van der Waals surface area contributed by atoms with E-state index in [0.717, 1.165) is 67.6 Å². The Morgan fingerprint density at radius 2 is 1.69 bits per heavy atom. The van der Waals surface area contributed by atoms with Crippen molar-refractivity contribution in [3.8, 4) is 0 Å². The second-order valence-electron chi connectivity index (χ2n) is 15.1. The summed E-state index contributed by atoms with van der Waals surface area (Å²) in [6.45, 7) is 15.3. The first-order chi connectivity index (χ1) is 18.7. The van der Waals surface area contributed by atoms with Gasteiger partial charge in [-0.3, -0.25) is 0 Å². The third-order valence-electron chi connectivity index (χ3n) is 12.2. The minimum Gasteiger partial charge on any atom is -0.434 e. The molecule has 0 radical (unpaired) electrons. The third kappa shape index (κ3) is 7.09. The fourth-order valence-corrected chi connectivity index (χ4v) is 9.96. The molecule has 0 amide bonds. The van der Waals surface area contributed by atoms with Crippen molar-refractivity contribution < 1.29 is 14.3 Å². The fourth-order valence-electron chi connectivity index (χ4n) is 9.96. The van der Waals surface area contributed by atoms with Crippen molar-refractivity contribution in [3.63, 3.8) is 0 Å². The van der Waals surface area contributed by atoms with E-state index in [0.29, 0.717) is 17.4 Å². The van der Waals surface area contributed by atoms with Crippen molar-refractivity contribution >= 4 is 6.16 Å². The van der Waals surface area contributed by atoms with Crippen LogP contribution in [0.25, 0.3) is 0 Å². The standard InChI is InChI=1S/C36H62O3/c1-7-8-9-10-11-12-24-38-34(37)39-29-20-22-35(5)28(25-29)16-17-30-32-19-18-31(27(4)15-13-14-26(2)3)36(32,6)23-21-33(30)35/h16,26-27,29-33H,7-15,17-25H2,1-6H3/t27-,29+,30+,31-,32+,33-,35+,36-/m1/s1. The molecule has 0 aliphatic heterocycles. The Labute approximate surface area is 241 Å². The van der Waals surface area contributed by atoms with E-state index in [1.165, 1.54) is 77.0 Å².